The molecule has 0 aromatic rings. The van der Waals surface area contributed by atoms with E-state index in [0.29, 0.717) is 0 Å². The van der Waals surface area contributed by atoms with Gasteiger partial charge in [0.25, 0.3) is 0 Å². The normalized spacial score (nSPS) is 9.83. The summed E-state index contributed by atoms with van der Waals surface area (Å²) in [4.78, 5) is 0. The summed E-state index contributed by atoms with van der Waals surface area (Å²) in [6, 6.07) is 0. The Morgan fingerprint density at radius 1 is 0.0843 bits per heavy atom. The van der Waals surface area contributed by atoms with Gasteiger partial charge in [-0.2, -0.15) is 9.90 Å². The van der Waals surface area contributed by atoms with Gasteiger partial charge in [-0.25, -0.2) is 0 Å². The van der Waals surface area contributed by atoms with Crippen LogP contribution in [-0.2, 0) is 0 Å². The van der Waals surface area contributed by atoms with Crippen LogP contribution in [0.25, 0.3) is 0 Å². The van der Waals surface area contributed by atoms with E-state index in [1.807, 2.05) is 0 Å². The Morgan fingerprint density at radius 3 is 0.157 bits per heavy atom. The lowest BCUT2D eigenvalue weighted by atomic mass is 10.1. The fourth-order valence-electron chi connectivity index (χ4n) is 9.66. The highest BCUT2D eigenvalue weighted by molar-refractivity contribution is 6.92. The Kier molecular flexibility index (Phi) is 173. The highest BCUT2D eigenvalue weighted by atomic mass is 35.5. The molecular formula is C80H181Cl2P. The van der Waals surface area contributed by atoms with Gasteiger partial charge in [0.1, 0.15) is 0 Å². The fourth-order valence-corrected chi connectivity index (χ4v) is 9.66. The summed E-state index contributed by atoms with van der Waals surface area (Å²) in [5.74, 6) is 0. The molecule has 0 saturated carbocycles. The Labute approximate surface area is 553 Å². The molecule has 83 heavy (non-hydrogen) atoms. The molecule has 0 aliphatic rings. The van der Waals surface area contributed by atoms with Crippen molar-refractivity contribution in [1.29, 1.82) is 0 Å². The van der Waals surface area contributed by atoms with Gasteiger partial charge in [0, 0.05) is 0 Å². The molecule has 0 N–H and O–H groups in total. The summed E-state index contributed by atoms with van der Waals surface area (Å²) in [7, 11) is 0. The molecule has 0 rings (SSSR count). The summed E-state index contributed by atoms with van der Waals surface area (Å²) in [5, 5.41) is 0. The average molecular weight is 1250 g/mol. The molecule has 0 aliphatic carbocycles. The van der Waals surface area contributed by atoms with Crippen LogP contribution in [0.4, 0.5) is 0 Å². The third kappa shape index (κ3) is 168. The topological polar surface area (TPSA) is 0 Å². The standard InChI is InChI=1S/8C10H22.2ClH.H3P/c8*1-3-5-7-9-10-8-6-4-2;;;/h8*3-10H2,1-2H3;2*1H;1H3. The zero-order valence-corrected chi connectivity index (χ0v) is 65.8. The first-order valence-electron chi connectivity index (χ1n) is 39.3. The largest absolute Gasteiger partial charge is 0.153 e. The Balaban J connectivity index is -0.0000000789. The Morgan fingerprint density at radius 2 is 0.120 bits per heavy atom. The van der Waals surface area contributed by atoms with Crippen molar-refractivity contribution in [2.24, 2.45) is 0 Å². The number of rotatable bonds is 56. The average Bonchev–Trinajstić information content (AvgIpc) is 3.47. The van der Waals surface area contributed by atoms with Crippen molar-refractivity contribution in [3.8, 4) is 0 Å². The molecule has 0 aromatic heterocycles. The second-order valence-electron chi connectivity index (χ2n) is 25.0. The van der Waals surface area contributed by atoms with E-state index in [1.165, 1.54) is 411 Å². The second-order valence-corrected chi connectivity index (χ2v) is 25.0. The van der Waals surface area contributed by atoms with Gasteiger partial charge in [-0.15, -0.1) is 24.8 Å². The van der Waals surface area contributed by atoms with Gasteiger partial charge >= 0.3 is 0 Å². The van der Waals surface area contributed by atoms with Gasteiger partial charge in [0.2, 0.25) is 0 Å². The summed E-state index contributed by atoms with van der Waals surface area (Å²) in [6.07, 6.45) is 91.7. The second kappa shape index (κ2) is 132. The first kappa shape index (κ1) is 109. The van der Waals surface area contributed by atoms with Crippen LogP contribution in [0.15, 0.2) is 0 Å². The zero-order valence-electron chi connectivity index (χ0n) is 62.8. The molecule has 0 nitrogen and oxygen atoms in total. The van der Waals surface area contributed by atoms with Crippen molar-refractivity contribution in [2.75, 3.05) is 0 Å². The number of hydrogen-bond acceptors (Lipinski definition) is 0. The van der Waals surface area contributed by atoms with Crippen molar-refractivity contribution in [1.82, 2.24) is 0 Å². The van der Waals surface area contributed by atoms with Crippen LogP contribution >= 0.6 is 34.7 Å². The molecule has 3 heteroatoms. The van der Waals surface area contributed by atoms with E-state index in [0.717, 1.165) is 0 Å². The number of unbranched alkanes of at least 4 members (excludes halogenated alkanes) is 56. The van der Waals surface area contributed by atoms with Crippen molar-refractivity contribution in [3.05, 3.63) is 0 Å². The van der Waals surface area contributed by atoms with E-state index in [9.17, 15) is 0 Å². The number of hydrogen-bond donors (Lipinski definition) is 0. The maximum atomic E-state index is 2.27. The van der Waals surface area contributed by atoms with Crippen molar-refractivity contribution in [3.63, 3.8) is 0 Å². The predicted molar refractivity (Wildman–Crippen MR) is 412 cm³/mol. The molecule has 0 saturated heterocycles. The van der Waals surface area contributed by atoms with Crippen LogP contribution in [0.5, 0.6) is 0 Å². The van der Waals surface area contributed by atoms with Crippen LogP contribution in [0.1, 0.15) is 522 Å². The van der Waals surface area contributed by atoms with Gasteiger partial charge in [-0.1, -0.05) is 522 Å². The molecule has 0 heterocycles. The zero-order chi connectivity index (χ0) is 61.3. The summed E-state index contributed by atoms with van der Waals surface area (Å²) in [6.45, 7) is 36.3. The lowest BCUT2D eigenvalue weighted by Gasteiger charge is -1.97. The minimum Gasteiger partial charge on any atom is -0.153 e. The SMILES string of the molecule is CCCCCCCCCC.CCCCCCCCCC.CCCCCCCCCC.CCCCCCCCCC.CCCCCCCCCC.CCCCCCCCCC.CCCCCCCCCC.CCCCCCCCCC.Cl.Cl.P. The molecule has 0 fully saturated rings. The van der Waals surface area contributed by atoms with Crippen molar-refractivity contribution >= 4 is 34.7 Å². The van der Waals surface area contributed by atoms with Crippen LogP contribution in [0.3, 0.4) is 0 Å². The first-order chi connectivity index (χ1) is 39.3. The van der Waals surface area contributed by atoms with E-state index in [-0.39, 0.29) is 34.7 Å². The molecule has 0 aromatic carbocycles. The molecule has 1 unspecified atom stereocenters. The first-order valence-corrected chi connectivity index (χ1v) is 39.3. The summed E-state index contributed by atoms with van der Waals surface area (Å²) < 4.78 is 0. The van der Waals surface area contributed by atoms with Gasteiger partial charge in [-0.3, -0.25) is 0 Å². The lowest BCUT2D eigenvalue weighted by molar-refractivity contribution is 0.585. The van der Waals surface area contributed by atoms with E-state index in [4.69, 9.17) is 0 Å². The monoisotopic (exact) mass is 1240 g/mol. The Bertz CT molecular complexity index is 533. The van der Waals surface area contributed by atoms with E-state index in [2.05, 4.69) is 111 Å². The quantitative estimate of drug-likeness (QED) is 0.0421. The maximum Gasteiger partial charge on any atom is -0.0533 e. The smallest absolute Gasteiger partial charge is 0.0533 e. The summed E-state index contributed by atoms with van der Waals surface area (Å²) in [5.41, 5.74) is 0. The third-order valence-corrected chi connectivity index (χ3v) is 15.7. The van der Waals surface area contributed by atoms with Gasteiger partial charge in [0.05, 0.1) is 0 Å². The van der Waals surface area contributed by atoms with Crippen LogP contribution in [0, 0.1) is 0 Å². The minimum atomic E-state index is 0. The highest BCUT2D eigenvalue weighted by Gasteiger charge is 1.93. The fraction of sp³-hybridized carbons (Fsp3) is 1.00. The molecule has 0 spiro atoms. The van der Waals surface area contributed by atoms with Crippen LogP contribution < -0.4 is 0 Å². The summed E-state index contributed by atoms with van der Waals surface area (Å²) >= 11 is 0. The molecule has 0 radical (unpaired) electrons. The van der Waals surface area contributed by atoms with E-state index >= 15 is 0 Å². The van der Waals surface area contributed by atoms with Crippen molar-refractivity contribution < 1.29 is 0 Å². The van der Waals surface area contributed by atoms with Gasteiger partial charge < -0.3 is 0 Å². The highest BCUT2D eigenvalue weighted by Crippen LogP contribution is 2.13. The van der Waals surface area contributed by atoms with Gasteiger partial charge in [-0.05, 0) is 0 Å². The van der Waals surface area contributed by atoms with E-state index < -0.39 is 0 Å². The predicted octanol–water partition coefficient (Wildman–Crippen LogP) is 34.1. The third-order valence-electron chi connectivity index (χ3n) is 15.7. The van der Waals surface area contributed by atoms with Crippen LogP contribution in [0.2, 0.25) is 0 Å². The van der Waals surface area contributed by atoms with Gasteiger partial charge in [0.15, 0.2) is 0 Å². The molecule has 0 amide bonds. The maximum absolute atomic E-state index is 2.27. The lowest BCUT2D eigenvalue weighted by Crippen LogP contribution is -1.77. The molecule has 0 bridgehead atoms. The Hall–Kier alpha value is 1.01. The molecule has 0 aliphatic heterocycles. The van der Waals surface area contributed by atoms with Crippen molar-refractivity contribution in [2.45, 2.75) is 522 Å². The molecule has 520 valence electrons. The van der Waals surface area contributed by atoms with E-state index in [1.54, 1.807) is 0 Å². The molecular weight excluding hydrogens is 1060 g/mol. The minimum absolute atomic E-state index is 0. The van der Waals surface area contributed by atoms with Crippen LogP contribution in [-0.4, -0.2) is 0 Å². The molecule has 1 atom stereocenters. The number of halogens is 2.